The molecule has 2 aromatic carbocycles. The van der Waals surface area contributed by atoms with E-state index in [9.17, 15) is 0 Å². The molecule has 0 amide bonds. The summed E-state index contributed by atoms with van der Waals surface area (Å²) in [5.41, 5.74) is 15.9. The topological polar surface area (TPSA) is 117 Å². The smallest absolute Gasteiger partial charge is 0.258 e. The van der Waals surface area contributed by atoms with Gasteiger partial charge in [-0.15, -0.1) is 0 Å². The number of hydrogen-bond acceptors (Lipinski definition) is 7. The molecular weight excluding hydrogens is 364 g/mol. The third-order valence-corrected chi connectivity index (χ3v) is 5.64. The van der Waals surface area contributed by atoms with Crippen molar-refractivity contribution in [3.05, 3.63) is 72.3 Å². The Labute approximate surface area is 167 Å². The third-order valence-electron chi connectivity index (χ3n) is 5.64. The molecule has 1 fully saturated rings. The standard InChI is InChI=1S/C22H20N6O/c23-18-4-1-3-15(11-18)19-27-20(28-29-19)22(9-2-10-22)17-7-5-14(6-8-17)16-12-25-21(24)26-13-16/h1,3-8,11-13H,2,9-10,23H2,(H2,24,25,26). The quantitative estimate of drug-likeness (QED) is 0.514. The Bertz CT molecular complexity index is 1150. The third kappa shape index (κ3) is 3.00. The van der Waals surface area contributed by atoms with Gasteiger partial charge in [-0.05, 0) is 42.2 Å². The average Bonchev–Trinajstić information content (AvgIpc) is 3.19. The summed E-state index contributed by atoms with van der Waals surface area (Å²) < 4.78 is 5.57. The Morgan fingerprint density at radius 3 is 2.28 bits per heavy atom. The highest BCUT2D eigenvalue weighted by Crippen LogP contribution is 2.48. The molecule has 7 nitrogen and oxygen atoms in total. The minimum absolute atomic E-state index is 0.210. The number of nitrogens with two attached hydrogens (primary N) is 2. The van der Waals surface area contributed by atoms with E-state index >= 15 is 0 Å². The minimum atomic E-state index is -0.210. The zero-order valence-corrected chi connectivity index (χ0v) is 15.7. The van der Waals surface area contributed by atoms with Gasteiger partial charge in [0.1, 0.15) is 0 Å². The zero-order chi connectivity index (χ0) is 19.8. The van der Waals surface area contributed by atoms with Crippen LogP contribution in [0, 0.1) is 0 Å². The average molecular weight is 384 g/mol. The lowest BCUT2D eigenvalue weighted by molar-refractivity contribution is 0.273. The SMILES string of the molecule is Nc1cccc(-c2nc(C3(c4ccc(-c5cnc(N)nc5)cc4)CCC3)no2)c1. The predicted octanol–water partition coefficient (Wildman–Crippen LogP) is 3.83. The second kappa shape index (κ2) is 6.70. The number of hydrogen-bond donors (Lipinski definition) is 2. The molecule has 0 saturated heterocycles. The van der Waals surface area contributed by atoms with Gasteiger partial charge in [-0.3, -0.25) is 0 Å². The molecule has 5 rings (SSSR count). The molecule has 0 spiro atoms. The number of anilines is 2. The fraction of sp³-hybridized carbons (Fsp3) is 0.182. The minimum Gasteiger partial charge on any atom is -0.399 e. The first-order valence-corrected chi connectivity index (χ1v) is 9.53. The summed E-state index contributed by atoms with van der Waals surface area (Å²) >= 11 is 0. The van der Waals surface area contributed by atoms with Crippen molar-refractivity contribution >= 4 is 11.6 Å². The molecule has 144 valence electrons. The molecule has 0 radical (unpaired) electrons. The van der Waals surface area contributed by atoms with Crippen molar-refractivity contribution in [1.82, 2.24) is 20.1 Å². The second-order valence-corrected chi connectivity index (χ2v) is 7.39. The van der Waals surface area contributed by atoms with E-state index < -0.39 is 0 Å². The summed E-state index contributed by atoms with van der Waals surface area (Å²) in [6, 6.07) is 15.9. The molecule has 0 aliphatic heterocycles. The van der Waals surface area contributed by atoms with Crippen LogP contribution in [0.2, 0.25) is 0 Å². The van der Waals surface area contributed by atoms with Crippen LogP contribution >= 0.6 is 0 Å². The van der Waals surface area contributed by atoms with E-state index in [1.165, 1.54) is 5.56 Å². The van der Waals surface area contributed by atoms with Crippen LogP contribution in [-0.4, -0.2) is 20.1 Å². The van der Waals surface area contributed by atoms with Crippen molar-refractivity contribution in [2.45, 2.75) is 24.7 Å². The van der Waals surface area contributed by atoms with E-state index in [-0.39, 0.29) is 11.4 Å². The van der Waals surface area contributed by atoms with Crippen LogP contribution in [0.4, 0.5) is 11.6 Å². The molecule has 0 bridgehead atoms. The highest BCUT2D eigenvalue weighted by atomic mass is 16.5. The van der Waals surface area contributed by atoms with E-state index in [0.29, 0.717) is 11.6 Å². The first kappa shape index (κ1) is 17.4. The maximum absolute atomic E-state index is 5.88. The van der Waals surface area contributed by atoms with Crippen molar-refractivity contribution in [2.24, 2.45) is 0 Å². The molecule has 4 N–H and O–H groups in total. The summed E-state index contributed by atoms with van der Waals surface area (Å²) in [4.78, 5) is 12.8. The highest BCUT2D eigenvalue weighted by molar-refractivity contribution is 5.63. The number of nitrogen functional groups attached to an aromatic ring is 2. The van der Waals surface area contributed by atoms with E-state index in [0.717, 1.165) is 41.8 Å². The Kier molecular flexibility index (Phi) is 4.01. The van der Waals surface area contributed by atoms with Gasteiger partial charge < -0.3 is 16.0 Å². The van der Waals surface area contributed by atoms with Crippen molar-refractivity contribution in [1.29, 1.82) is 0 Å². The molecule has 0 unspecified atom stereocenters. The first-order chi connectivity index (χ1) is 14.1. The fourth-order valence-electron chi connectivity index (χ4n) is 3.85. The lowest BCUT2D eigenvalue weighted by Crippen LogP contribution is -2.36. The van der Waals surface area contributed by atoms with Gasteiger partial charge in [-0.2, -0.15) is 4.98 Å². The van der Waals surface area contributed by atoms with Crippen molar-refractivity contribution in [3.8, 4) is 22.6 Å². The van der Waals surface area contributed by atoms with E-state index in [1.54, 1.807) is 12.4 Å². The molecule has 1 aliphatic carbocycles. The van der Waals surface area contributed by atoms with Crippen molar-refractivity contribution in [3.63, 3.8) is 0 Å². The maximum Gasteiger partial charge on any atom is 0.258 e. The molecule has 1 saturated carbocycles. The fourth-order valence-corrected chi connectivity index (χ4v) is 3.85. The van der Waals surface area contributed by atoms with E-state index in [4.69, 9.17) is 21.0 Å². The first-order valence-electron chi connectivity index (χ1n) is 9.53. The zero-order valence-electron chi connectivity index (χ0n) is 15.7. The van der Waals surface area contributed by atoms with Crippen LogP contribution in [0.15, 0.2) is 65.4 Å². The largest absolute Gasteiger partial charge is 0.399 e. The summed E-state index contributed by atoms with van der Waals surface area (Å²) in [7, 11) is 0. The van der Waals surface area contributed by atoms with Gasteiger partial charge in [-0.25, -0.2) is 9.97 Å². The molecule has 4 aromatic rings. The lowest BCUT2D eigenvalue weighted by Gasteiger charge is -2.39. The number of nitrogens with zero attached hydrogens (tertiary/aromatic N) is 4. The predicted molar refractivity (Wildman–Crippen MR) is 111 cm³/mol. The monoisotopic (exact) mass is 384 g/mol. The highest BCUT2D eigenvalue weighted by Gasteiger charge is 2.44. The van der Waals surface area contributed by atoms with Gasteiger partial charge in [0.25, 0.3) is 5.89 Å². The van der Waals surface area contributed by atoms with Crippen molar-refractivity contribution < 1.29 is 4.52 Å². The summed E-state index contributed by atoms with van der Waals surface area (Å²) in [5.74, 6) is 1.49. The van der Waals surface area contributed by atoms with Crippen molar-refractivity contribution in [2.75, 3.05) is 11.5 Å². The number of rotatable bonds is 4. The second-order valence-electron chi connectivity index (χ2n) is 7.39. The Hall–Kier alpha value is -3.74. The number of benzene rings is 2. The summed E-state index contributed by atoms with van der Waals surface area (Å²) in [5, 5.41) is 4.32. The van der Waals surface area contributed by atoms with Crippen LogP contribution in [0.25, 0.3) is 22.6 Å². The van der Waals surface area contributed by atoms with Gasteiger partial charge in [0, 0.05) is 29.2 Å². The van der Waals surface area contributed by atoms with Gasteiger partial charge >= 0.3 is 0 Å². The Balaban J connectivity index is 1.47. The number of aromatic nitrogens is 4. The van der Waals surface area contributed by atoms with Crippen LogP contribution in [0.3, 0.4) is 0 Å². The maximum atomic E-state index is 5.88. The van der Waals surface area contributed by atoms with E-state index in [1.807, 2.05) is 24.3 Å². The molecule has 0 atom stereocenters. The van der Waals surface area contributed by atoms with Gasteiger partial charge in [0.05, 0.1) is 5.41 Å². The summed E-state index contributed by atoms with van der Waals surface area (Å²) in [6.07, 6.45) is 6.58. The van der Waals surface area contributed by atoms with Gasteiger partial charge in [0.2, 0.25) is 5.95 Å². The van der Waals surface area contributed by atoms with Crippen LogP contribution < -0.4 is 11.5 Å². The molecular formula is C22H20N6O. The Morgan fingerprint density at radius 2 is 1.62 bits per heavy atom. The van der Waals surface area contributed by atoms with Crippen LogP contribution in [0.5, 0.6) is 0 Å². The van der Waals surface area contributed by atoms with E-state index in [2.05, 4.69) is 39.4 Å². The molecule has 1 aliphatic rings. The normalized spacial score (nSPS) is 15.0. The lowest BCUT2D eigenvalue weighted by atomic mass is 9.64. The van der Waals surface area contributed by atoms with Crippen LogP contribution in [-0.2, 0) is 5.41 Å². The van der Waals surface area contributed by atoms with Gasteiger partial charge in [-0.1, -0.05) is 41.9 Å². The van der Waals surface area contributed by atoms with Gasteiger partial charge in [0.15, 0.2) is 5.82 Å². The summed E-state index contributed by atoms with van der Waals surface area (Å²) in [6.45, 7) is 0. The van der Waals surface area contributed by atoms with Crippen LogP contribution in [0.1, 0.15) is 30.7 Å². The molecule has 7 heteroatoms. The Morgan fingerprint density at radius 1 is 0.862 bits per heavy atom. The molecule has 29 heavy (non-hydrogen) atoms. The molecule has 2 aromatic heterocycles. The molecule has 2 heterocycles.